The van der Waals surface area contributed by atoms with Crippen LogP contribution in [0.2, 0.25) is 0 Å². The van der Waals surface area contributed by atoms with Crippen molar-refractivity contribution in [2.75, 3.05) is 14.2 Å². The Hall–Kier alpha value is -1.88. The molecule has 3 rings (SSSR count). The summed E-state index contributed by atoms with van der Waals surface area (Å²) in [5, 5.41) is 0. The second kappa shape index (κ2) is 5.48. The van der Waals surface area contributed by atoms with E-state index in [4.69, 9.17) is 9.47 Å². The summed E-state index contributed by atoms with van der Waals surface area (Å²) in [6, 6.07) is 9.07. The molecule has 0 spiro atoms. The van der Waals surface area contributed by atoms with Gasteiger partial charge < -0.3 is 9.47 Å². The summed E-state index contributed by atoms with van der Waals surface area (Å²) in [4.78, 5) is 26.4. The van der Waals surface area contributed by atoms with E-state index in [2.05, 4.69) is 4.90 Å². The van der Waals surface area contributed by atoms with Gasteiger partial charge in [0.15, 0.2) is 0 Å². The number of carbonyl (C=O) groups is 2. The number of esters is 2. The molecule has 0 N–H and O–H groups in total. The lowest BCUT2D eigenvalue weighted by molar-refractivity contribution is -0.150. The van der Waals surface area contributed by atoms with Crippen LogP contribution in [0.15, 0.2) is 30.3 Å². The Morgan fingerprint density at radius 3 is 2.48 bits per heavy atom. The molecule has 0 aliphatic carbocycles. The summed E-state index contributed by atoms with van der Waals surface area (Å²) in [5.74, 6) is -1.05. The summed E-state index contributed by atoms with van der Waals surface area (Å²) in [6.45, 7) is 0. The summed E-state index contributed by atoms with van der Waals surface area (Å²) in [5.41, 5.74) is 0.506. The lowest BCUT2D eigenvalue weighted by atomic mass is 9.86. The number of methoxy groups -OCH3 is 1. The zero-order valence-corrected chi connectivity index (χ0v) is 12.2. The van der Waals surface area contributed by atoms with E-state index < -0.39 is 6.10 Å². The van der Waals surface area contributed by atoms with Crippen molar-refractivity contribution in [2.45, 2.75) is 31.0 Å². The van der Waals surface area contributed by atoms with Gasteiger partial charge in [-0.25, -0.2) is 4.79 Å². The molecule has 1 aromatic rings. The molecule has 3 unspecified atom stereocenters. The molecule has 0 aromatic heterocycles. The van der Waals surface area contributed by atoms with Crippen LogP contribution in [0.5, 0.6) is 0 Å². The molecule has 5 nitrogen and oxygen atoms in total. The lowest BCUT2D eigenvalue weighted by Crippen LogP contribution is -2.41. The van der Waals surface area contributed by atoms with Crippen molar-refractivity contribution in [2.24, 2.45) is 5.92 Å². The number of nitrogens with zero attached hydrogens (tertiary/aromatic N) is 1. The van der Waals surface area contributed by atoms with E-state index in [1.54, 1.807) is 24.3 Å². The van der Waals surface area contributed by atoms with Gasteiger partial charge in [0, 0.05) is 12.1 Å². The molecule has 2 fully saturated rings. The van der Waals surface area contributed by atoms with E-state index in [9.17, 15) is 9.59 Å². The van der Waals surface area contributed by atoms with Gasteiger partial charge in [0.05, 0.1) is 12.7 Å². The Kier molecular flexibility index (Phi) is 3.68. The van der Waals surface area contributed by atoms with Crippen LogP contribution in [-0.4, -0.2) is 49.2 Å². The summed E-state index contributed by atoms with van der Waals surface area (Å²) in [6.07, 6.45) is 1.47. The molecular formula is C16H19NO4. The first-order valence-corrected chi connectivity index (χ1v) is 7.19. The smallest absolute Gasteiger partial charge is 0.338 e. The van der Waals surface area contributed by atoms with Gasteiger partial charge in [0.2, 0.25) is 0 Å². The average Bonchev–Trinajstić information content (AvgIpc) is 3.00. The fraction of sp³-hybridized carbons (Fsp3) is 0.500. The van der Waals surface area contributed by atoms with Gasteiger partial charge in [-0.15, -0.1) is 0 Å². The van der Waals surface area contributed by atoms with Gasteiger partial charge in [-0.05, 0) is 32.0 Å². The van der Waals surface area contributed by atoms with Crippen molar-refractivity contribution >= 4 is 11.9 Å². The molecule has 2 heterocycles. The molecule has 0 amide bonds. The van der Waals surface area contributed by atoms with Gasteiger partial charge in [-0.3, -0.25) is 9.69 Å². The fourth-order valence-electron chi connectivity index (χ4n) is 3.63. The van der Waals surface area contributed by atoms with Gasteiger partial charge in [-0.2, -0.15) is 0 Å². The van der Waals surface area contributed by atoms with Crippen LogP contribution < -0.4 is 0 Å². The molecule has 21 heavy (non-hydrogen) atoms. The van der Waals surface area contributed by atoms with E-state index in [-0.39, 0.29) is 29.9 Å². The Morgan fingerprint density at radius 2 is 1.81 bits per heavy atom. The number of rotatable bonds is 3. The second-order valence-corrected chi connectivity index (χ2v) is 5.66. The highest BCUT2D eigenvalue weighted by molar-refractivity contribution is 5.89. The minimum absolute atomic E-state index is 0.103. The van der Waals surface area contributed by atoms with Gasteiger partial charge in [0.1, 0.15) is 12.0 Å². The topological polar surface area (TPSA) is 55.8 Å². The van der Waals surface area contributed by atoms with Crippen molar-refractivity contribution in [1.29, 1.82) is 0 Å². The van der Waals surface area contributed by atoms with E-state index in [0.717, 1.165) is 12.8 Å². The highest BCUT2D eigenvalue weighted by atomic mass is 16.6. The quantitative estimate of drug-likeness (QED) is 0.789. The Labute approximate surface area is 123 Å². The maximum absolute atomic E-state index is 12.2. The van der Waals surface area contributed by atoms with Gasteiger partial charge in [0.25, 0.3) is 0 Å². The third-order valence-corrected chi connectivity index (χ3v) is 4.68. The molecule has 2 aliphatic heterocycles. The highest BCUT2D eigenvalue weighted by Crippen LogP contribution is 2.43. The van der Waals surface area contributed by atoms with Crippen LogP contribution >= 0.6 is 0 Å². The molecule has 2 bridgehead atoms. The fourth-order valence-corrected chi connectivity index (χ4v) is 3.63. The van der Waals surface area contributed by atoms with Crippen molar-refractivity contribution in [1.82, 2.24) is 4.90 Å². The minimum Gasteiger partial charge on any atom is -0.469 e. The summed E-state index contributed by atoms with van der Waals surface area (Å²) >= 11 is 0. The molecule has 2 saturated heterocycles. The standard InChI is InChI=1S/C16H19NO4/c1-17-11-8-9-12(17)14(13(11)16(19)20-2)21-15(18)10-6-4-3-5-7-10/h3-7,11-14H,8-9H2,1-2H3/t11?,12?,13?,14-/m0/s1. The molecule has 0 saturated carbocycles. The maximum Gasteiger partial charge on any atom is 0.338 e. The molecule has 2 aliphatic rings. The third-order valence-electron chi connectivity index (χ3n) is 4.68. The Bertz CT molecular complexity index is 544. The normalized spacial score (nSPS) is 31.1. The van der Waals surface area contributed by atoms with Crippen molar-refractivity contribution in [3.8, 4) is 0 Å². The van der Waals surface area contributed by atoms with E-state index in [1.807, 2.05) is 13.1 Å². The average molecular weight is 289 g/mol. The van der Waals surface area contributed by atoms with Gasteiger partial charge >= 0.3 is 11.9 Å². The van der Waals surface area contributed by atoms with E-state index in [0.29, 0.717) is 5.56 Å². The number of likely N-dealkylation sites (N-methyl/N-ethyl adjacent to an activating group) is 1. The van der Waals surface area contributed by atoms with Crippen LogP contribution in [0.25, 0.3) is 0 Å². The zero-order valence-electron chi connectivity index (χ0n) is 12.2. The van der Waals surface area contributed by atoms with Crippen molar-refractivity contribution in [3.63, 3.8) is 0 Å². The first-order valence-electron chi connectivity index (χ1n) is 7.19. The number of carbonyl (C=O) groups excluding carboxylic acids is 2. The van der Waals surface area contributed by atoms with Crippen molar-refractivity contribution < 1.29 is 19.1 Å². The van der Waals surface area contributed by atoms with E-state index in [1.165, 1.54) is 7.11 Å². The first-order chi connectivity index (χ1) is 10.1. The number of ether oxygens (including phenoxy) is 2. The number of hydrogen-bond donors (Lipinski definition) is 0. The predicted molar refractivity (Wildman–Crippen MR) is 75.7 cm³/mol. The van der Waals surface area contributed by atoms with Crippen LogP contribution in [0.1, 0.15) is 23.2 Å². The minimum atomic E-state index is -0.422. The van der Waals surface area contributed by atoms with E-state index >= 15 is 0 Å². The highest BCUT2D eigenvalue weighted by Gasteiger charge is 2.57. The molecular weight excluding hydrogens is 270 g/mol. The Morgan fingerprint density at radius 1 is 1.14 bits per heavy atom. The third kappa shape index (κ3) is 2.31. The van der Waals surface area contributed by atoms with Gasteiger partial charge in [-0.1, -0.05) is 18.2 Å². The number of fused-ring (bicyclic) bond motifs is 2. The molecule has 4 atom stereocenters. The second-order valence-electron chi connectivity index (χ2n) is 5.66. The van der Waals surface area contributed by atoms with Crippen LogP contribution in [0, 0.1) is 5.92 Å². The Balaban J connectivity index is 1.80. The SMILES string of the molecule is COC(=O)C1C2CCC([C@@H]1OC(=O)c1ccccc1)N2C. The van der Waals surface area contributed by atoms with Crippen molar-refractivity contribution in [3.05, 3.63) is 35.9 Å². The van der Waals surface area contributed by atoms with Crippen LogP contribution in [-0.2, 0) is 14.3 Å². The number of benzene rings is 1. The largest absolute Gasteiger partial charge is 0.469 e. The molecule has 5 heteroatoms. The monoisotopic (exact) mass is 289 g/mol. The van der Waals surface area contributed by atoms with Crippen LogP contribution in [0.4, 0.5) is 0 Å². The summed E-state index contributed by atoms with van der Waals surface area (Å²) in [7, 11) is 3.36. The molecule has 112 valence electrons. The summed E-state index contributed by atoms with van der Waals surface area (Å²) < 4.78 is 10.6. The van der Waals surface area contributed by atoms with Crippen LogP contribution in [0.3, 0.4) is 0 Å². The maximum atomic E-state index is 12.2. The predicted octanol–water partition coefficient (Wildman–Crippen LogP) is 1.48. The zero-order chi connectivity index (χ0) is 15.0. The number of hydrogen-bond acceptors (Lipinski definition) is 5. The molecule has 1 aromatic carbocycles. The first kappa shape index (κ1) is 14.1. The lowest BCUT2D eigenvalue weighted by Gasteiger charge is -2.27. The molecule has 0 radical (unpaired) electrons.